The van der Waals surface area contributed by atoms with Gasteiger partial charge in [0.15, 0.2) is 0 Å². The average Bonchev–Trinajstić information content (AvgIpc) is 2.17. The number of hydrazone groups is 1. The van der Waals surface area contributed by atoms with E-state index < -0.39 is 0 Å². The van der Waals surface area contributed by atoms with Gasteiger partial charge < -0.3 is 11.6 Å². The minimum atomic E-state index is 0.742. The van der Waals surface area contributed by atoms with E-state index in [1.807, 2.05) is 12.1 Å². The average molecular weight is 177 g/mol. The molecule has 0 spiro atoms. The van der Waals surface area contributed by atoms with E-state index in [4.69, 9.17) is 11.6 Å². The van der Waals surface area contributed by atoms with Gasteiger partial charge in [0, 0.05) is 0 Å². The number of nitrogens with zero attached hydrogens (tertiary/aromatic N) is 1. The number of nitrogens with two attached hydrogens (primary N) is 2. The van der Waals surface area contributed by atoms with Gasteiger partial charge in [0.05, 0.1) is 6.21 Å². The van der Waals surface area contributed by atoms with Crippen LogP contribution in [0.5, 0.6) is 0 Å². The third kappa shape index (κ3) is 3.25. The Morgan fingerprint density at radius 1 is 1.23 bits per heavy atom. The van der Waals surface area contributed by atoms with Gasteiger partial charge in [-0.1, -0.05) is 24.3 Å². The summed E-state index contributed by atoms with van der Waals surface area (Å²) in [6.07, 6.45) is 3.70. The van der Waals surface area contributed by atoms with Crippen LogP contribution in [-0.4, -0.2) is 12.8 Å². The van der Waals surface area contributed by atoms with E-state index >= 15 is 0 Å². The van der Waals surface area contributed by atoms with Crippen molar-refractivity contribution >= 4 is 6.21 Å². The lowest BCUT2D eigenvalue weighted by molar-refractivity contribution is 0.832. The standard InChI is InChI=1S/C10H15N3/c11-7-1-2-9-3-5-10(6-4-9)8-13-12/h3-6,8H,1-2,7,11-12H2. The Morgan fingerprint density at radius 2 is 1.92 bits per heavy atom. The Labute approximate surface area is 78.4 Å². The Bertz CT molecular complexity index is 264. The van der Waals surface area contributed by atoms with Crippen LogP contribution in [0.25, 0.3) is 0 Å². The molecule has 0 unspecified atom stereocenters. The van der Waals surface area contributed by atoms with Gasteiger partial charge in [-0.25, -0.2) is 0 Å². The molecule has 0 radical (unpaired) electrons. The maximum absolute atomic E-state index is 5.42. The van der Waals surface area contributed by atoms with E-state index in [0.717, 1.165) is 24.9 Å². The Balaban J connectivity index is 2.58. The first-order chi connectivity index (χ1) is 6.36. The Kier molecular flexibility index (Phi) is 3.99. The van der Waals surface area contributed by atoms with Gasteiger partial charge in [-0.3, -0.25) is 0 Å². The molecule has 1 rings (SSSR count). The molecule has 3 nitrogen and oxygen atoms in total. The van der Waals surface area contributed by atoms with Crippen LogP contribution in [0, 0.1) is 0 Å². The van der Waals surface area contributed by atoms with E-state index in [1.165, 1.54) is 5.56 Å². The fourth-order valence-corrected chi connectivity index (χ4v) is 1.16. The van der Waals surface area contributed by atoms with Gasteiger partial charge in [-0.05, 0) is 30.5 Å². The highest BCUT2D eigenvalue weighted by Gasteiger charge is 1.92. The summed E-state index contributed by atoms with van der Waals surface area (Å²) in [7, 11) is 0. The van der Waals surface area contributed by atoms with Crippen LogP contribution in [0.4, 0.5) is 0 Å². The van der Waals surface area contributed by atoms with Crippen LogP contribution < -0.4 is 11.6 Å². The molecule has 0 fully saturated rings. The molecule has 0 aromatic heterocycles. The third-order valence-corrected chi connectivity index (χ3v) is 1.87. The van der Waals surface area contributed by atoms with E-state index in [-0.39, 0.29) is 0 Å². The zero-order valence-electron chi connectivity index (χ0n) is 7.61. The number of aryl methyl sites for hydroxylation is 1. The second-order valence-corrected chi connectivity index (χ2v) is 2.91. The predicted molar refractivity (Wildman–Crippen MR) is 55.6 cm³/mol. The molecule has 0 amide bonds. The zero-order chi connectivity index (χ0) is 9.52. The molecule has 1 aromatic carbocycles. The molecule has 13 heavy (non-hydrogen) atoms. The van der Waals surface area contributed by atoms with E-state index in [9.17, 15) is 0 Å². The molecule has 70 valence electrons. The second-order valence-electron chi connectivity index (χ2n) is 2.91. The van der Waals surface area contributed by atoms with E-state index in [2.05, 4.69) is 17.2 Å². The summed E-state index contributed by atoms with van der Waals surface area (Å²) in [6.45, 7) is 0.742. The number of hydrogen-bond acceptors (Lipinski definition) is 3. The van der Waals surface area contributed by atoms with Crippen molar-refractivity contribution in [3.8, 4) is 0 Å². The first-order valence-electron chi connectivity index (χ1n) is 4.39. The molecule has 0 bridgehead atoms. The van der Waals surface area contributed by atoms with Crippen molar-refractivity contribution in [3.63, 3.8) is 0 Å². The van der Waals surface area contributed by atoms with Gasteiger partial charge in [-0.2, -0.15) is 5.10 Å². The quantitative estimate of drug-likeness (QED) is 0.407. The first-order valence-corrected chi connectivity index (χ1v) is 4.39. The molecule has 0 saturated carbocycles. The summed E-state index contributed by atoms with van der Waals surface area (Å²) < 4.78 is 0. The second kappa shape index (κ2) is 5.32. The summed E-state index contributed by atoms with van der Waals surface area (Å²) in [5.41, 5.74) is 7.75. The fraction of sp³-hybridized carbons (Fsp3) is 0.300. The van der Waals surface area contributed by atoms with Crippen LogP contribution in [0.1, 0.15) is 17.5 Å². The van der Waals surface area contributed by atoms with Crippen LogP contribution in [0.3, 0.4) is 0 Å². The summed E-state index contributed by atoms with van der Waals surface area (Å²) in [6, 6.07) is 8.16. The highest BCUT2D eigenvalue weighted by atomic mass is 15.1. The zero-order valence-corrected chi connectivity index (χ0v) is 7.61. The van der Waals surface area contributed by atoms with Crippen molar-refractivity contribution < 1.29 is 0 Å². The minimum absolute atomic E-state index is 0.742. The largest absolute Gasteiger partial charge is 0.330 e. The number of rotatable bonds is 4. The van der Waals surface area contributed by atoms with E-state index in [0.29, 0.717) is 0 Å². The highest BCUT2D eigenvalue weighted by Crippen LogP contribution is 2.04. The van der Waals surface area contributed by atoms with Gasteiger partial charge in [-0.15, -0.1) is 0 Å². The summed E-state index contributed by atoms with van der Waals surface area (Å²) in [5, 5.41) is 3.45. The lowest BCUT2D eigenvalue weighted by Gasteiger charge is -1.99. The normalized spacial score (nSPS) is 10.8. The number of hydrogen-bond donors (Lipinski definition) is 2. The molecule has 0 aliphatic heterocycles. The molecule has 0 atom stereocenters. The maximum Gasteiger partial charge on any atom is 0.0538 e. The lowest BCUT2D eigenvalue weighted by atomic mass is 10.1. The van der Waals surface area contributed by atoms with Crippen LogP contribution in [-0.2, 0) is 6.42 Å². The van der Waals surface area contributed by atoms with Crippen molar-refractivity contribution in [2.24, 2.45) is 16.7 Å². The monoisotopic (exact) mass is 177 g/mol. The molecule has 0 aliphatic rings. The summed E-state index contributed by atoms with van der Waals surface area (Å²) >= 11 is 0. The molecular formula is C10H15N3. The molecule has 3 heteroatoms. The first kappa shape index (κ1) is 9.74. The lowest BCUT2D eigenvalue weighted by Crippen LogP contribution is -2.00. The number of benzene rings is 1. The minimum Gasteiger partial charge on any atom is -0.330 e. The molecule has 0 aliphatic carbocycles. The summed E-state index contributed by atoms with van der Waals surface area (Å²) in [5.74, 6) is 5.03. The topological polar surface area (TPSA) is 64.4 Å². The SMILES string of the molecule is NCCCc1ccc(C=NN)cc1. The van der Waals surface area contributed by atoms with Crippen molar-refractivity contribution in [1.82, 2.24) is 0 Å². The molecule has 4 N–H and O–H groups in total. The van der Waals surface area contributed by atoms with Gasteiger partial charge in [0.1, 0.15) is 0 Å². The predicted octanol–water partition coefficient (Wildman–Crippen LogP) is 0.870. The Hall–Kier alpha value is -1.35. The maximum atomic E-state index is 5.42. The molecule has 0 saturated heterocycles. The van der Waals surface area contributed by atoms with Crippen LogP contribution in [0.2, 0.25) is 0 Å². The van der Waals surface area contributed by atoms with E-state index in [1.54, 1.807) is 6.21 Å². The van der Waals surface area contributed by atoms with Crippen molar-refractivity contribution in [1.29, 1.82) is 0 Å². The van der Waals surface area contributed by atoms with Crippen molar-refractivity contribution in [2.75, 3.05) is 6.54 Å². The van der Waals surface area contributed by atoms with Crippen LogP contribution in [0.15, 0.2) is 29.4 Å². The van der Waals surface area contributed by atoms with Crippen molar-refractivity contribution in [2.45, 2.75) is 12.8 Å². The summed E-state index contributed by atoms with van der Waals surface area (Å²) in [4.78, 5) is 0. The smallest absolute Gasteiger partial charge is 0.0538 e. The van der Waals surface area contributed by atoms with Crippen molar-refractivity contribution in [3.05, 3.63) is 35.4 Å². The van der Waals surface area contributed by atoms with Gasteiger partial charge in [0.2, 0.25) is 0 Å². The highest BCUT2D eigenvalue weighted by molar-refractivity contribution is 5.79. The molecular weight excluding hydrogens is 162 g/mol. The molecule has 1 aromatic rings. The third-order valence-electron chi connectivity index (χ3n) is 1.87. The fourth-order valence-electron chi connectivity index (χ4n) is 1.16. The van der Waals surface area contributed by atoms with Crippen LogP contribution >= 0.6 is 0 Å². The molecule has 0 heterocycles. The van der Waals surface area contributed by atoms with Gasteiger partial charge in [0.25, 0.3) is 0 Å². The van der Waals surface area contributed by atoms with Gasteiger partial charge >= 0.3 is 0 Å². The Morgan fingerprint density at radius 3 is 2.46 bits per heavy atom.